The molecule has 0 radical (unpaired) electrons. The zero-order valence-electron chi connectivity index (χ0n) is 17.3. The zero-order chi connectivity index (χ0) is 21.4. The number of hydrogen-bond acceptors (Lipinski definition) is 5. The predicted octanol–water partition coefficient (Wildman–Crippen LogP) is 2.84. The molecule has 5 rings (SSSR count). The van der Waals surface area contributed by atoms with E-state index in [0.717, 1.165) is 18.5 Å². The number of amides is 1. The van der Waals surface area contributed by atoms with Crippen molar-refractivity contribution < 1.29 is 22.7 Å². The summed E-state index contributed by atoms with van der Waals surface area (Å²) in [7, 11) is -3.65. The predicted molar refractivity (Wildman–Crippen MR) is 116 cm³/mol. The maximum atomic E-state index is 13.2. The minimum Gasteiger partial charge on any atom is -0.490 e. The fraction of sp³-hybridized carbons (Fsp3) is 0.435. The van der Waals surface area contributed by atoms with Crippen LogP contribution in [-0.4, -0.2) is 51.5 Å². The summed E-state index contributed by atoms with van der Waals surface area (Å²) in [6, 6.07) is 12.8. The summed E-state index contributed by atoms with van der Waals surface area (Å²) < 4.78 is 39.1. The standard InChI is InChI=1S/C23H26N2O5S/c26-23(25-13-10-17-4-1-2-5-20(17)25)18-8-11-24(12-9-18)31(27,28)19-6-7-21-22(16-19)30-15-3-14-29-21/h1-2,4-7,16,18H,3,8-15H2. The molecule has 0 atom stereocenters. The first-order valence-corrected chi connectivity index (χ1v) is 12.3. The maximum Gasteiger partial charge on any atom is 0.243 e. The Labute approximate surface area is 182 Å². The molecule has 1 amide bonds. The zero-order valence-corrected chi connectivity index (χ0v) is 18.1. The lowest BCUT2D eigenvalue weighted by Crippen LogP contribution is -2.44. The topological polar surface area (TPSA) is 76.2 Å². The van der Waals surface area contributed by atoms with Crippen molar-refractivity contribution in [2.45, 2.75) is 30.6 Å². The van der Waals surface area contributed by atoms with Gasteiger partial charge in [0.15, 0.2) is 11.5 Å². The number of piperidine rings is 1. The lowest BCUT2D eigenvalue weighted by atomic mass is 9.96. The highest BCUT2D eigenvalue weighted by Gasteiger charge is 2.36. The highest BCUT2D eigenvalue weighted by Crippen LogP contribution is 2.35. The smallest absolute Gasteiger partial charge is 0.243 e. The molecular weight excluding hydrogens is 416 g/mol. The molecule has 1 saturated heterocycles. The van der Waals surface area contributed by atoms with Gasteiger partial charge in [-0.25, -0.2) is 8.42 Å². The van der Waals surface area contributed by atoms with Gasteiger partial charge in [0.1, 0.15) is 0 Å². The number of carbonyl (C=O) groups excluding carboxylic acids is 1. The first-order chi connectivity index (χ1) is 15.0. The molecule has 0 aromatic heterocycles. The van der Waals surface area contributed by atoms with Crippen molar-refractivity contribution >= 4 is 21.6 Å². The second kappa shape index (κ2) is 8.16. The molecule has 0 spiro atoms. The number of ether oxygens (including phenoxy) is 2. The third-order valence-electron chi connectivity index (χ3n) is 6.31. The monoisotopic (exact) mass is 442 g/mol. The molecule has 0 saturated carbocycles. The van der Waals surface area contributed by atoms with Crippen molar-refractivity contribution in [3.8, 4) is 11.5 Å². The van der Waals surface area contributed by atoms with E-state index in [2.05, 4.69) is 6.07 Å². The normalized spacial score (nSPS) is 19.7. The number of hydrogen-bond donors (Lipinski definition) is 0. The molecular formula is C23H26N2O5S. The van der Waals surface area contributed by atoms with Gasteiger partial charge in [0.2, 0.25) is 15.9 Å². The minimum atomic E-state index is -3.65. The maximum absolute atomic E-state index is 13.2. The van der Waals surface area contributed by atoms with Gasteiger partial charge in [-0.2, -0.15) is 4.31 Å². The van der Waals surface area contributed by atoms with Gasteiger partial charge in [0.25, 0.3) is 0 Å². The van der Waals surface area contributed by atoms with E-state index in [4.69, 9.17) is 9.47 Å². The molecule has 0 aliphatic carbocycles. The second-order valence-electron chi connectivity index (χ2n) is 8.21. The number of sulfonamides is 1. The minimum absolute atomic E-state index is 0.109. The number of fused-ring (bicyclic) bond motifs is 2. The Morgan fingerprint density at radius 2 is 1.68 bits per heavy atom. The highest BCUT2D eigenvalue weighted by atomic mass is 32.2. The van der Waals surface area contributed by atoms with Crippen LogP contribution in [0.4, 0.5) is 5.69 Å². The van der Waals surface area contributed by atoms with Crippen LogP contribution in [0, 0.1) is 5.92 Å². The third-order valence-corrected chi connectivity index (χ3v) is 8.21. The second-order valence-corrected chi connectivity index (χ2v) is 10.1. The fourth-order valence-electron chi connectivity index (χ4n) is 4.58. The Morgan fingerprint density at radius 3 is 2.48 bits per heavy atom. The van der Waals surface area contributed by atoms with Crippen LogP contribution in [0.2, 0.25) is 0 Å². The van der Waals surface area contributed by atoms with Crippen LogP contribution in [-0.2, 0) is 21.2 Å². The summed E-state index contributed by atoms with van der Waals surface area (Å²) in [4.78, 5) is 15.2. The van der Waals surface area contributed by atoms with E-state index >= 15 is 0 Å². The quantitative estimate of drug-likeness (QED) is 0.731. The van der Waals surface area contributed by atoms with Crippen LogP contribution in [0.3, 0.4) is 0 Å². The van der Waals surface area contributed by atoms with Crippen molar-refractivity contribution in [3.05, 3.63) is 48.0 Å². The number of carbonyl (C=O) groups is 1. The fourth-order valence-corrected chi connectivity index (χ4v) is 6.07. The van der Waals surface area contributed by atoms with Gasteiger partial charge in [0, 0.05) is 43.7 Å². The molecule has 0 N–H and O–H groups in total. The number of anilines is 1. The summed E-state index contributed by atoms with van der Waals surface area (Å²) in [5.74, 6) is 1.00. The molecule has 3 heterocycles. The average Bonchev–Trinajstić information content (AvgIpc) is 3.08. The summed E-state index contributed by atoms with van der Waals surface area (Å²) in [5, 5.41) is 0. The van der Waals surface area contributed by atoms with Gasteiger partial charge in [-0.15, -0.1) is 0 Å². The molecule has 3 aliphatic heterocycles. The third kappa shape index (κ3) is 3.78. The Morgan fingerprint density at radius 1 is 0.935 bits per heavy atom. The molecule has 0 unspecified atom stereocenters. The molecule has 2 aromatic rings. The first kappa shape index (κ1) is 20.3. The van der Waals surface area contributed by atoms with Gasteiger partial charge in [-0.3, -0.25) is 4.79 Å². The van der Waals surface area contributed by atoms with E-state index in [-0.39, 0.29) is 16.7 Å². The van der Waals surface area contributed by atoms with Gasteiger partial charge < -0.3 is 14.4 Å². The summed E-state index contributed by atoms with van der Waals surface area (Å²) in [6.07, 6.45) is 2.70. The van der Waals surface area contributed by atoms with Crippen molar-refractivity contribution in [2.24, 2.45) is 5.92 Å². The van der Waals surface area contributed by atoms with Gasteiger partial charge >= 0.3 is 0 Å². The number of para-hydroxylation sites is 1. The Bertz CT molecular complexity index is 1090. The molecule has 3 aliphatic rings. The highest BCUT2D eigenvalue weighted by molar-refractivity contribution is 7.89. The van der Waals surface area contributed by atoms with Crippen molar-refractivity contribution in [3.63, 3.8) is 0 Å². The lowest BCUT2D eigenvalue weighted by Gasteiger charge is -2.32. The van der Waals surface area contributed by atoms with Crippen LogP contribution in [0.15, 0.2) is 47.4 Å². The molecule has 31 heavy (non-hydrogen) atoms. The van der Waals surface area contributed by atoms with Crippen LogP contribution < -0.4 is 14.4 Å². The van der Waals surface area contributed by atoms with E-state index in [0.29, 0.717) is 57.2 Å². The van der Waals surface area contributed by atoms with Gasteiger partial charge in [-0.1, -0.05) is 18.2 Å². The first-order valence-electron chi connectivity index (χ1n) is 10.8. The number of benzene rings is 2. The molecule has 8 heteroatoms. The van der Waals surface area contributed by atoms with E-state index in [9.17, 15) is 13.2 Å². The Balaban J connectivity index is 1.27. The summed E-state index contributed by atoms with van der Waals surface area (Å²) in [6.45, 7) is 2.44. The number of rotatable bonds is 3. The molecule has 7 nitrogen and oxygen atoms in total. The molecule has 0 bridgehead atoms. The lowest BCUT2D eigenvalue weighted by molar-refractivity contribution is -0.123. The van der Waals surface area contributed by atoms with Crippen LogP contribution in [0.5, 0.6) is 11.5 Å². The largest absolute Gasteiger partial charge is 0.490 e. The Kier molecular flexibility index (Phi) is 5.35. The van der Waals surface area contributed by atoms with Crippen LogP contribution >= 0.6 is 0 Å². The molecule has 2 aromatic carbocycles. The molecule has 1 fully saturated rings. The molecule has 164 valence electrons. The summed E-state index contributed by atoms with van der Waals surface area (Å²) in [5.41, 5.74) is 2.19. The van der Waals surface area contributed by atoms with Crippen LogP contribution in [0.1, 0.15) is 24.8 Å². The van der Waals surface area contributed by atoms with E-state index < -0.39 is 10.0 Å². The SMILES string of the molecule is O=C(C1CCN(S(=O)(=O)c2ccc3c(c2)OCCCO3)CC1)N1CCc2ccccc21. The van der Waals surface area contributed by atoms with E-state index in [1.165, 1.54) is 9.87 Å². The van der Waals surface area contributed by atoms with Gasteiger partial charge in [-0.05, 0) is 43.0 Å². The van der Waals surface area contributed by atoms with E-state index in [1.54, 1.807) is 18.2 Å². The van der Waals surface area contributed by atoms with Crippen molar-refractivity contribution in [2.75, 3.05) is 37.7 Å². The van der Waals surface area contributed by atoms with E-state index in [1.807, 2.05) is 23.1 Å². The van der Waals surface area contributed by atoms with Crippen molar-refractivity contribution in [1.82, 2.24) is 4.31 Å². The Hall–Kier alpha value is -2.58. The summed E-state index contributed by atoms with van der Waals surface area (Å²) >= 11 is 0. The van der Waals surface area contributed by atoms with Gasteiger partial charge in [0.05, 0.1) is 18.1 Å². The van der Waals surface area contributed by atoms with Crippen LogP contribution in [0.25, 0.3) is 0 Å². The van der Waals surface area contributed by atoms with Crippen molar-refractivity contribution in [1.29, 1.82) is 0 Å². The average molecular weight is 443 g/mol. The number of nitrogens with zero attached hydrogens (tertiary/aromatic N) is 2.